The van der Waals surface area contributed by atoms with E-state index in [2.05, 4.69) is 30.8 Å². The molecule has 2 aromatic carbocycles. The number of aromatic nitrogens is 3. The average molecular weight is 795 g/mol. The van der Waals surface area contributed by atoms with Gasteiger partial charge >= 0.3 is 0 Å². The van der Waals surface area contributed by atoms with Crippen molar-refractivity contribution in [2.75, 3.05) is 41.7 Å². The standard InChI is InChI=1S/C23H31FN4O3.C21H21FN4O/c24-19-14-18(25-20-2-4-22(30)26-23(20)31)1-3-21(19)28-11-7-17(8-12-28)13-16-5-9-27(15-29)10-6-16;22-18-14-23-21(24-16-8-2-1-3-9-16)25-20(18)15-7-6-10-17(13-15)26-12-5-4-11-19(26)27/h1,3,14-17,20,25H,2,4-13H2,(H,26,30,31);4-7,10-14,16H,1-3,8-9H2,(H,23,24,25). The van der Waals surface area contributed by atoms with Crippen LogP contribution in [0.15, 0.2) is 77.9 Å². The minimum Gasteiger partial charge on any atom is -0.374 e. The summed E-state index contributed by atoms with van der Waals surface area (Å²) in [5, 5.41) is 8.67. The third-order valence-electron chi connectivity index (χ3n) is 11.9. The van der Waals surface area contributed by atoms with E-state index in [4.69, 9.17) is 0 Å². The predicted molar refractivity (Wildman–Crippen MR) is 220 cm³/mol. The monoisotopic (exact) mass is 794 g/mol. The van der Waals surface area contributed by atoms with Crippen LogP contribution >= 0.6 is 0 Å². The van der Waals surface area contributed by atoms with Gasteiger partial charge in [0.05, 0.1) is 11.9 Å². The second-order valence-electron chi connectivity index (χ2n) is 15.9. The number of halogens is 2. The summed E-state index contributed by atoms with van der Waals surface area (Å²) in [5.74, 6) is 0.404. The maximum atomic E-state index is 14.8. The Morgan fingerprint density at radius 2 is 1.55 bits per heavy atom. The molecule has 58 heavy (non-hydrogen) atoms. The third kappa shape index (κ3) is 10.4. The lowest BCUT2D eigenvalue weighted by Crippen LogP contribution is -2.47. The molecule has 3 N–H and O–H groups in total. The smallest absolute Gasteiger partial charge is 0.255 e. The van der Waals surface area contributed by atoms with Gasteiger partial charge in [-0.2, -0.15) is 0 Å². The maximum absolute atomic E-state index is 14.8. The summed E-state index contributed by atoms with van der Waals surface area (Å²) >= 11 is 0. The summed E-state index contributed by atoms with van der Waals surface area (Å²) in [7, 11) is 0. The van der Waals surface area contributed by atoms with Crippen molar-refractivity contribution < 1.29 is 23.2 Å². The molecule has 3 amide bonds. The van der Waals surface area contributed by atoms with Crippen molar-refractivity contribution in [1.29, 1.82) is 0 Å². The van der Waals surface area contributed by atoms with Crippen molar-refractivity contribution in [1.82, 2.24) is 24.8 Å². The van der Waals surface area contributed by atoms with E-state index < -0.39 is 11.9 Å². The molecule has 4 fully saturated rings. The zero-order chi connectivity index (χ0) is 40.4. The van der Waals surface area contributed by atoms with Gasteiger partial charge in [-0.05, 0) is 99.6 Å². The SMILES string of the molecule is O=CN1CCC(CC2CCN(c3ccc(NC4CCC(=O)NC4=O)cc3F)CC2)CC1.O=c1ccccn1-c1cccc(-c2nc(NC3CCCCC3)ncc2F)c1. The van der Waals surface area contributed by atoms with E-state index in [0.717, 1.165) is 71.1 Å². The number of amides is 3. The van der Waals surface area contributed by atoms with Gasteiger partial charge < -0.3 is 20.4 Å². The van der Waals surface area contributed by atoms with Crippen LogP contribution in [0.25, 0.3) is 16.9 Å². The van der Waals surface area contributed by atoms with Gasteiger partial charge in [-0.3, -0.25) is 29.1 Å². The summed E-state index contributed by atoms with van der Waals surface area (Å²) in [6.07, 6.45) is 15.9. The molecule has 2 aromatic heterocycles. The molecule has 5 heterocycles. The highest BCUT2D eigenvalue weighted by molar-refractivity contribution is 6.01. The van der Waals surface area contributed by atoms with E-state index in [0.29, 0.717) is 52.9 Å². The Bertz CT molecular complexity index is 2110. The first-order chi connectivity index (χ1) is 28.2. The van der Waals surface area contributed by atoms with Crippen LogP contribution in [-0.2, 0) is 14.4 Å². The van der Waals surface area contributed by atoms with Gasteiger partial charge in [0, 0.05) is 67.8 Å². The molecule has 1 saturated carbocycles. The number of nitrogens with one attached hydrogen (secondary N) is 3. The van der Waals surface area contributed by atoms with Gasteiger partial charge in [0.1, 0.15) is 17.6 Å². The number of hydrogen-bond donors (Lipinski definition) is 3. The summed E-state index contributed by atoms with van der Waals surface area (Å²) in [4.78, 5) is 58.6. The molecule has 3 saturated heterocycles. The fourth-order valence-corrected chi connectivity index (χ4v) is 8.57. The topological polar surface area (TPSA) is 142 Å². The lowest BCUT2D eigenvalue weighted by molar-refractivity contribution is -0.133. The number of pyridine rings is 1. The molecule has 12 nitrogen and oxygen atoms in total. The molecule has 1 unspecified atom stereocenters. The summed E-state index contributed by atoms with van der Waals surface area (Å²) < 4.78 is 30.8. The molecule has 1 atom stereocenters. The van der Waals surface area contributed by atoms with Gasteiger partial charge in [-0.15, -0.1) is 0 Å². The molecule has 14 heteroatoms. The van der Waals surface area contributed by atoms with Crippen LogP contribution < -0.4 is 26.4 Å². The molecule has 0 bridgehead atoms. The van der Waals surface area contributed by atoms with Crippen LogP contribution in [-0.4, -0.2) is 75.9 Å². The largest absolute Gasteiger partial charge is 0.374 e. The number of imide groups is 1. The number of carbonyl (C=O) groups is 3. The average Bonchev–Trinajstić information content (AvgIpc) is 3.24. The number of anilines is 3. The first-order valence-electron chi connectivity index (χ1n) is 20.6. The minimum atomic E-state index is -0.517. The molecule has 8 rings (SSSR count). The Morgan fingerprint density at radius 3 is 2.26 bits per heavy atom. The second-order valence-corrected chi connectivity index (χ2v) is 15.9. The van der Waals surface area contributed by atoms with Crippen LogP contribution in [0.3, 0.4) is 0 Å². The Morgan fingerprint density at radius 1 is 0.793 bits per heavy atom. The van der Waals surface area contributed by atoms with Crippen molar-refractivity contribution in [3.05, 3.63) is 95.0 Å². The zero-order valence-electron chi connectivity index (χ0n) is 32.8. The fraction of sp³-hybridized carbons (Fsp3) is 0.455. The van der Waals surface area contributed by atoms with Crippen molar-refractivity contribution >= 4 is 35.5 Å². The van der Waals surface area contributed by atoms with E-state index in [1.165, 1.54) is 48.6 Å². The van der Waals surface area contributed by atoms with Crippen molar-refractivity contribution in [2.24, 2.45) is 11.8 Å². The van der Waals surface area contributed by atoms with E-state index in [9.17, 15) is 28.0 Å². The van der Waals surface area contributed by atoms with Crippen LogP contribution in [0.2, 0.25) is 0 Å². The zero-order valence-corrected chi connectivity index (χ0v) is 32.8. The molecule has 1 aliphatic carbocycles. The van der Waals surface area contributed by atoms with Crippen LogP contribution in [0.4, 0.5) is 26.1 Å². The van der Waals surface area contributed by atoms with E-state index in [-0.39, 0.29) is 35.3 Å². The van der Waals surface area contributed by atoms with Crippen molar-refractivity contribution in [2.45, 2.75) is 89.1 Å². The number of piperidine rings is 3. The van der Waals surface area contributed by atoms with Crippen LogP contribution in [0.1, 0.15) is 77.0 Å². The van der Waals surface area contributed by atoms with Gasteiger partial charge in [-0.1, -0.05) is 37.5 Å². The lowest BCUT2D eigenvalue weighted by Gasteiger charge is -2.37. The molecule has 0 radical (unpaired) electrons. The Labute approximate surface area is 337 Å². The number of carbonyl (C=O) groups excluding carboxylic acids is 3. The van der Waals surface area contributed by atoms with Gasteiger partial charge in [0.2, 0.25) is 24.2 Å². The highest BCUT2D eigenvalue weighted by Crippen LogP contribution is 2.33. The number of rotatable bonds is 10. The van der Waals surface area contributed by atoms with E-state index in [1.54, 1.807) is 48.7 Å². The highest BCUT2D eigenvalue weighted by atomic mass is 19.1. The van der Waals surface area contributed by atoms with Crippen molar-refractivity contribution in [3.8, 4) is 16.9 Å². The lowest BCUT2D eigenvalue weighted by atomic mass is 9.83. The summed E-state index contributed by atoms with van der Waals surface area (Å²) in [6.45, 7) is 3.43. The van der Waals surface area contributed by atoms with E-state index in [1.807, 2.05) is 11.0 Å². The molecule has 0 spiro atoms. The first kappa shape index (κ1) is 40.5. The minimum absolute atomic E-state index is 0.141. The Hall–Kier alpha value is -5.66. The normalized spacial score (nSPS) is 19.5. The van der Waals surface area contributed by atoms with Crippen LogP contribution in [0, 0.1) is 23.5 Å². The van der Waals surface area contributed by atoms with Crippen molar-refractivity contribution in [3.63, 3.8) is 0 Å². The molecule has 4 aliphatic rings. The maximum Gasteiger partial charge on any atom is 0.255 e. The molecule has 3 aliphatic heterocycles. The molecular weight excluding hydrogens is 743 g/mol. The summed E-state index contributed by atoms with van der Waals surface area (Å²) in [6, 6.07) is 16.9. The predicted octanol–water partition coefficient (Wildman–Crippen LogP) is 6.70. The van der Waals surface area contributed by atoms with E-state index >= 15 is 0 Å². The Kier molecular flexibility index (Phi) is 13.4. The van der Waals surface area contributed by atoms with Gasteiger partial charge in [0.25, 0.3) is 5.56 Å². The van der Waals surface area contributed by atoms with Gasteiger partial charge in [-0.25, -0.2) is 18.7 Å². The quantitative estimate of drug-likeness (QED) is 0.118. The van der Waals surface area contributed by atoms with Gasteiger partial charge in [0.15, 0.2) is 5.82 Å². The summed E-state index contributed by atoms with van der Waals surface area (Å²) in [5.41, 5.74) is 2.51. The number of likely N-dealkylation sites (tertiary alicyclic amines) is 1. The molecule has 306 valence electrons. The molecule has 4 aromatic rings. The fourth-order valence-electron chi connectivity index (χ4n) is 8.57. The highest BCUT2D eigenvalue weighted by Gasteiger charge is 2.28. The molecular formula is C44H52F2N8O4. The Balaban J connectivity index is 0.000000178. The third-order valence-corrected chi connectivity index (χ3v) is 11.9. The van der Waals surface area contributed by atoms with Crippen LogP contribution in [0.5, 0.6) is 0 Å². The number of nitrogens with zero attached hydrogens (tertiary/aromatic N) is 5. The second kappa shape index (κ2) is 19.2. The first-order valence-corrected chi connectivity index (χ1v) is 20.6. The number of hydrogen-bond acceptors (Lipinski definition) is 9. The number of benzene rings is 2.